The van der Waals surface area contributed by atoms with E-state index in [-0.39, 0.29) is 0 Å². The number of hydrogen-bond acceptors (Lipinski definition) is 3. The molecule has 0 unspecified atom stereocenters. The van der Waals surface area contributed by atoms with Gasteiger partial charge in [-0.1, -0.05) is 23.2 Å². The highest BCUT2D eigenvalue weighted by Gasteiger charge is 2.10. The number of hydrogen-bond donors (Lipinski definition) is 0. The molecule has 2 aromatic rings. The Morgan fingerprint density at radius 1 is 1.38 bits per heavy atom. The van der Waals surface area contributed by atoms with E-state index < -0.39 is 0 Å². The zero-order valence-corrected chi connectivity index (χ0v) is 9.79. The molecule has 0 fully saturated rings. The van der Waals surface area contributed by atoms with Crippen molar-refractivity contribution in [1.82, 2.24) is 14.8 Å². The number of halogens is 2. The molecule has 0 radical (unpaired) electrons. The molecule has 80 valence electrons. The molecule has 6 heteroatoms. The first-order valence-corrected chi connectivity index (χ1v) is 5.15. The standard InChI is InChI=1S/C10H6Cl2N4/c1-6-2-8(4-13)15-16(6)10-9(12)3-7(11)5-14-10/h2-3,5H,1H3. The predicted octanol–water partition coefficient (Wildman–Crippen LogP) is 2.75. The molecular weight excluding hydrogens is 247 g/mol. The van der Waals surface area contributed by atoms with E-state index in [4.69, 9.17) is 28.5 Å². The van der Waals surface area contributed by atoms with Gasteiger partial charge >= 0.3 is 0 Å². The summed E-state index contributed by atoms with van der Waals surface area (Å²) in [5.41, 5.74) is 1.11. The van der Waals surface area contributed by atoms with E-state index >= 15 is 0 Å². The average Bonchev–Trinajstić information content (AvgIpc) is 2.60. The molecule has 2 rings (SSSR count). The number of nitriles is 1. The van der Waals surface area contributed by atoms with Crippen LogP contribution in [-0.4, -0.2) is 14.8 Å². The van der Waals surface area contributed by atoms with Gasteiger partial charge in [-0.3, -0.25) is 0 Å². The molecule has 4 nitrogen and oxygen atoms in total. The van der Waals surface area contributed by atoms with Gasteiger partial charge in [-0.2, -0.15) is 10.4 Å². The summed E-state index contributed by atoms with van der Waals surface area (Å²) in [6.07, 6.45) is 1.48. The number of rotatable bonds is 1. The Hall–Kier alpha value is -1.57. The van der Waals surface area contributed by atoms with Crippen LogP contribution in [0, 0.1) is 18.3 Å². The lowest BCUT2D eigenvalue weighted by Crippen LogP contribution is -2.02. The second-order valence-electron chi connectivity index (χ2n) is 3.15. The molecule has 16 heavy (non-hydrogen) atoms. The zero-order valence-electron chi connectivity index (χ0n) is 8.28. The minimum Gasteiger partial charge on any atom is -0.234 e. The molecule has 0 aliphatic rings. The average molecular weight is 253 g/mol. The molecule has 0 bridgehead atoms. The fourth-order valence-corrected chi connectivity index (χ4v) is 1.77. The van der Waals surface area contributed by atoms with Crippen LogP contribution in [-0.2, 0) is 0 Å². The fraction of sp³-hybridized carbons (Fsp3) is 0.100. The van der Waals surface area contributed by atoms with Gasteiger partial charge in [-0.25, -0.2) is 9.67 Å². The highest BCUT2D eigenvalue weighted by atomic mass is 35.5. The van der Waals surface area contributed by atoms with E-state index in [0.717, 1.165) is 5.69 Å². The maximum atomic E-state index is 8.74. The molecule has 2 aromatic heterocycles. The van der Waals surface area contributed by atoms with Crippen LogP contribution in [0.5, 0.6) is 0 Å². The first-order chi connectivity index (χ1) is 7.61. The number of aryl methyl sites for hydroxylation is 1. The Morgan fingerprint density at radius 2 is 2.12 bits per heavy atom. The maximum absolute atomic E-state index is 8.74. The molecule has 0 aliphatic carbocycles. The highest BCUT2D eigenvalue weighted by molar-refractivity contribution is 6.35. The van der Waals surface area contributed by atoms with Crippen LogP contribution < -0.4 is 0 Å². The normalized spacial score (nSPS) is 10.1. The largest absolute Gasteiger partial charge is 0.234 e. The van der Waals surface area contributed by atoms with Gasteiger partial charge in [0.25, 0.3) is 0 Å². The first kappa shape index (κ1) is 10.9. The third kappa shape index (κ3) is 1.87. The minimum absolute atomic E-state index is 0.324. The predicted molar refractivity (Wildman–Crippen MR) is 60.8 cm³/mol. The third-order valence-corrected chi connectivity index (χ3v) is 2.48. The molecule has 2 heterocycles. The van der Waals surface area contributed by atoms with Crippen LogP contribution in [0.2, 0.25) is 10.0 Å². The van der Waals surface area contributed by atoms with Crippen molar-refractivity contribution in [3.8, 4) is 11.9 Å². The van der Waals surface area contributed by atoms with Crippen molar-refractivity contribution in [3.63, 3.8) is 0 Å². The lowest BCUT2D eigenvalue weighted by molar-refractivity contribution is 0.813. The van der Waals surface area contributed by atoms with Crippen molar-refractivity contribution in [2.75, 3.05) is 0 Å². The van der Waals surface area contributed by atoms with Crippen molar-refractivity contribution in [2.24, 2.45) is 0 Å². The molecule has 0 spiro atoms. The number of pyridine rings is 1. The highest BCUT2D eigenvalue weighted by Crippen LogP contribution is 2.22. The fourth-order valence-electron chi connectivity index (χ4n) is 1.31. The lowest BCUT2D eigenvalue weighted by atomic mass is 10.4. The molecular formula is C10H6Cl2N4. The summed E-state index contributed by atoms with van der Waals surface area (Å²) in [4.78, 5) is 4.08. The van der Waals surface area contributed by atoms with Crippen LogP contribution >= 0.6 is 23.2 Å². The first-order valence-electron chi connectivity index (χ1n) is 4.40. The van der Waals surface area contributed by atoms with E-state index in [1.807, 2.05) is 13.0 Å². The van der Waals surface area contributed by atoms with Crippen molar-refractivity contribution >= 4 is 23.2 Å². The quantitative estimate of drug-likeness (QED) is 0.785. The summed E-state index contributed by atoms with van der Waals surface area (Å²) in [7, 11) is 0. The van der Waals surface area contributed by atoms with Crippen LogP contribution in [0.1, 0.15) is 11.4 Å². The molecule has 0 N–H and O–H groups in total. The van der Waals surface area contributed by atoms with Gasteiger partial charge in [0, 0.05) is 11.9 Å². The summed E-state index contributed by atoms with van der Waals surface area (Å²) in [6.45, 7) is 1.82. The Morgan fingerprint density at radius 3 is 2.69 bits per heavy atom. The minimum atomic E-state index is 0.324. The van der Waals surface area contributed by atoms with Gasteiger partial charge in [0.15, 0.2) is 11.5 Å². The van der Waals surface area contributed by atoms with E-state index in [2.05, 4.69) is 10.1 Å². The lowest BCUT2D eigenvalue weighted by Gasteiger charge is -2.04. The summed E-state index contributed by atoms with van der Waals surface area (Å²) in [6, 6.07) is 5.20. The number of aromatic nitrogens is 3. The molecule has 0 saturated heterocycles. The van der Waals surface area contributed by atoms with Crippen LogP contribution in [0.15, 0.2) is 18.3 Å². The van der Waals surface area contributed by atoms with E-state index in [1.54, 1.807) is 12.1 Å². The Bertz CT molecular complexity index is 583. The van der Waals surface area contributed by atoms with E-state index in [1.165, 1.54) is 10.9 Å². The third-order valence-electron chi connectivity index (χ3n) is 1.99. The molecule has 0 atom stereocenters. The van der Waals surface area contributed by atoms with Crippen molar-refractivity contribution in [1.29, 1.82) is 5.26 Å². The second-order valence-corrected chi connectivity index (χ2v) is 4.00. The van der Waals surface area contributed by atoms with Gasteiger partial charge < -0.3 is 0 Å². The SMILES string of the molecule is Cc1cc(C#N)nn1-c1ncc(Cl)cc1Cl. The molecule has 0 aliphatic heterocycles. The van der Waals surface area contributed by atoms with Gasteiger partial charge in [0.1, 0.15) is 6.07 Å². The van der Waals surface area contributed by atoms with Gasteiger partial charge in [0.2, 0.25) is 0 Å². The Labute approximate surface area is 102 Å². The van der Waals surface area contributed by atoms with E-state index in [9.17, 15) is 0 Å². The Balaban J connectivity index is 2.59. The molecule has 0 amide bonds. The van der Waals surface area contributed by atoms with Gasteiger partial charge in [-0.05, 0) is 19.1 Å². The van der Waals surface area contributed by atoms with Gasteiger partial charge in [-0.15, -0.1) is 0 Å². The molecule has 0 aromatic carbocycles. The van der Waals surface area contributed by atoms with Crippen molar-refractivity contribution in [2.45, 2.75) is 6.92 Å². The zero-order chi connectivity index (χ0) is 11.7. The van der Waals surface area contributed by atoms with Crippen molar-refractivity contribution < 1.29 is 0 Å². The van der Waals surface area contributed by atoms with Crippen LogP contribution in [0.25, 0.3) is 5.82 Å². The smallest absolute Gasteiger partial charge is 0.172 e. The van der Waals surface area contributed by atoms with Crippen molar-refractivity contribution in [3.05, 3.63) is 39.8 Å². The summed E-state index contributed by atoms with van der Waals surface area (Å²) in [5.74, 6) is 0.463. The molecule has 0 saturated carbocycles. The monoisotopic (exact) mass is 252 g/mol. The summed E-state index contributed by atoms with van der Waals surface area (Å²) >= 11 is 11.7. The number of nitrogens with zero attached hydrogens (tertiary/aromatic N) is 4. The summed E-state index contributed by atoms with van der Waals surface area (Å²) in [5, 5.41) is 13.6. The topological polar surface area (TPSA) is 54.5 Å². The van der Waals surface area contributed by atoms with E-state index in [0.29, 0.717) is 21.6 Å². The van der Waals surface area contributed by atoms with Crippen LogP contribution in [0.4, 0.5) is 0 Å². The Kier molecular flexibility index (Phi) is 2.82. The second kappa shape index (κ2) is 4.12. The summed E-state index contributed by atoms with van der Waals surface area (Å²) < 4.78 is 1.51. The van der Waals surface area contributed by atoms with Gasteiger partial charge in [0.05, 0.1) is 10.0 Å². The maximum Gasteiger partial charge on any atom is 0.172 e. The van der Waals surface area contributed by atoms with Crippen LogP contribution in [0.3, 0.4) is 0 Å².